The number of hydrogen-bond acceptors (Lipinski definition) is 4. The van der Waals surface area contributed by atoms with Crippen molar-refractivity contribution in [2.75, 3.05) is 5.32 Å². The molecule has 1 aliphatic heterocycles. The second kappa shape index (κ2) is 7.01. The lowest BCUT2D eigenvalue weighted by Gasteiger charge is -2.16. The van der Waals surface area contributed by atoms with Crippen molar-refractivity contribution in [1.82, 2.24) is 20.4 Å². The minimum absolute atomic E-state index is 0.151. The van der Waals surface area contributed by atoms with Crippen LogP contribution < -0.4 is 10.6 Å². The Balaban J connectivity index is 1.37. The molecular weight excluding hydrogens is 350 g/mol. The highest BCUT2D eigenvalue weighted by Gasteiger charge is 2.29. The van der Waals surface area contributed by atoms with Gasteiger partial charge in [0.25, 0.3) is 5.91 Å². The topological polar surface area (TPSA) is 90.1 Å². The summed E-state index contributed by atoms with van der Waals surface area (Å²) in [6, 6.07) is 11.4. The molecule has 4 rings (SSSR count). The summed E-state index contributed by atoms with van der Waals surface area (Å²) in [5.41, 5.74) is 3.28. The van der Waals surface area contributed by atoms with Gasteiger partial charge in [0.2, 0.25) is 0 Å². The number of aromatic nitrogens is 2. The Morgan fingerprint density at radius 1 is 1.19 bits per heavy atom. The van der Waals surface area contributed by atoms with Crippen LogP contribution in [0.2, 0.25) is 0 Å². The molecule has 0 saturated heterocycles. The number of nitrogens with one attached hydrogen (secondary N) is 3. The molecule has 3 aromatic rings. The molecule has 0 bridgehead atoms. The third-order valence-corrected chi connectivity index (χ3v) is 4.92. The summed E-state index contributed by atoms with van der Waals surface area (Å²) in [5.74, 6) is 0.360. The number of fused-ring (bicyclic) bond motifs is 1. The number of rotatable bonds is 4. The number of H-pyrrole nitrogens is 1. The summed E-state index contributed by atoms with van der Waals surface area (Å²) in [5, 5.41) is 16.5. The van der Waals surface area contributed by atoms with Gasteiger partial charge in [0, 0.05) is 17.5 Å². The molecule has 0 unspecified atom stereocenters. The molecule has 0 fully saturated rings. The maximum Gasteiger partial charge on any atom is 0.318 e. The predicted octanol–water partition coefficient (Wildman–Crippen LogP) is 2.95. The van der Waals surface area contributed by atoms with Crippen LogP contribution in [0, 0.1) is 0 Å². The fourth-order valence-electron chi connectivity index (χ4n) is 2.84. The summed E-state index contributed by atoms with van der Waals surface area (Å²) in [4.78, 5) is 26.3. The van der Waals surface area contributed by atoms with E-state index in [1.54, 1.807) is 16.3 Å². The highest BCUT2D eigenvalue weighted by Crippen LogP contribution is 2.27. The van der Waals surface area contributed by atoms with Crippen molar-refractivity contribution in [3.63, 3.8) is 0 Å². The first-order valence-electron chi connectivity index (χ1n) is 8.17. The zero-order valence-corrected chi connectivity index (χ0v) is 14.7. The van der Waals surface area contributed by atoms with E-state index in [0.29, 0.717) is 31.0 Å². The van der Waals surface area contributed by atoms with Crippen LogP contribution in [0.1, 0.15) is 27.2 Å². The Morgan fingerprint density at radius 3 is 2.81 bits per heavy atom. The van der Waals surface area contributed by atoms with E-state index in [0.717, 1.165) is 16.8 Å². The van der Waals surface area contributed by atoms with Gasteiger partial charge in [-0.3, -0.25) is 9.89 Å². The maximum atomic E-state index is 12.4. The smallest absolute Gasteiger partial charge is 0.318 e. The number of hydrogen-bond donors (Lipinski definition) is 3. The molecule has 8 heteroatoms. The molecule has 0 aliphatic carbocycles. The van der Waals surface area contributed by atoms with Gasteiger partial charge in [-0.2, -0.15) is 16.4 Å². The third-order valence-electron chi connectivity index (χ3n) is 4.24. The highest BCUT2D eigenvalue weighted by atomic mass is 32.1. The van der Waals surface area contributed by atoms with Gasteiger partial charge in [-0.15, -0.1) is 0 Å². The SMILES string of the molecule is O=C(Nc1[nH]nc2c1CN(C(=O)NCc1ccccc1)C2)c1ccsc1. The average molecular weight is 367 g/mol. The van der Waals surface area contributed by atoms with Crippen LogP contribution in [0.15, 0.2) is 47.2 Å². The van der Waals surface area contributed by atoms with Crippen LogP contribution in [0.4, 0.5) is 10.6 Å². The van der Waals surface area contributed by atoms with Crippen LogP contribution in [-0.4, -0.2) is 27.0 Å². The molecule has 132 valence electrons. The minimum atomic E-state index is -0.190. The Hall–Kier alpha value is -3.13. The van der Waals surface area contributed by atoms with Crippen molar-refractivity contribution >= 4 is 29.1 Å². The largest absolute Gasteiger partial charge is 0.334 e. The lowest BCUT2D eigenvalue weighted by Crippen LogP contribution is -2.36. The number of carbonyl (C=O) groups is 2. The number of amides is 3. The quantitative estimate of drug-likeness (QED) is 0.662. The van der Waals surface area contributed by atoms with Crippen molar-refractivity contribution < 1.29 is 9.59 Å². The van der Waals surface area contributed by atoms with Gasteiger partial charge in [-0.05, 0) is 17.0 Å². The average Bonchev–Trinajstić information content (AvgIpc) is 3.39. The van der Waals surface area contributed by atoms with E-state index in [-0.39, 0.29) is 11.9 Å². The summed E-state index contributed by atoms with van der Waals surface area (Å²) < 4.78 is 0. The van der Waals surface area contributed by atoms with Crippen molar-refractivity contribution in [3.8, 4) is 0 Å². The number of carbonyl (C=O) groups excluding carboxylic acids is 2. The predicted molar refractivity (Wildman–Crippen MR) is 98.8 cm³/mol. The van der Waals surface area contributed by atoms with Gasteiger partial charge in [-0.25, -0.2) is 4.79 Å². The normalized spacial score (nSPS) is 12.7. The van der Waals surface area contributed by atoms with Crippen LogP contribution in [-0.2, 0) is 19.6 Å². The van der Waals surface area contributed by atoms with Gasteiger partial charge in [-0.1, -0.05) is 30.3 Å². The van der Waals surface area contributed by atoms with Gasteiger partial charge >= 0.3 is 6.03 Å². The molecule has 2 aromatic heterocycles. The lowest BCUT2D eigenvalue weighted by molar-refractivity contribution is 0.102. The van der Waals surface area contributed by atoms with E-state index in [4.69, 9.17) is 0 Å². The Morgan fingerprint density at radius 2 is 2.04 bits per heavy atom. The van der Waals surface area contributed by atoms with Crippen LogP contribution in [0.3, 0.4) is 0 Å². The van der Waals surface area contributed by atoms with Crippen LogP contribution in [0.25, 0.3) is 0 Å². The van der Waals surface area contributed by atoms with Gasteiger partial charge in [0.1, 0.15) is 5.82 Å². The molecule has 1 aromatic carbocycles. The minimum Gasteiger partial charge on any atom is -0.334 e. The summed E-state index contributed by atoms with van der Waals surface area (Å²) in [7, 11) is 0. The molecule has 1 aliphatic rings. The van der Waals surface area contributed by atoms with E-state index >= 15 is 0 Å². The first-order chi connectivity index (χ1) is 12.7. The maximum absolute atomic E-state index is 12.4. The number of benzene rings is 1. The number of urea groups is 1. The van der Waals surface area contributed by atoms with E-state index in [9.17, 15) is 9.59 Å². The molecule has 0 radical (unpaired) electrons. The molecule has 0 spiro atoms. The summed E-state index contributed by atoms with van der Waals surface area (Å²) in [6.45, 7) is 1.30. The van der Waals surface area contributed by atoms with E-state index in [1.807, 2.05) is 35.7 Å². The molecule has 26 heavy (non-hydrogen) atoms. The van der Waals surface area contributed by atoms with Crippen molar-refractivity contribution in [1.29, 1.82) is 0 Å². The lowest BCUT2D eigenvalue weighted by atomic mass is 10.2. The van der Waals surface area contributed by atoms with Gasteiger partial charge in [0.15, 0.2) is 0 Å². The number of aromatic amines is 1. The fraction of sp³-hybridized carbons (Fsp3) is 0.167. The van der Waals surface area contributed by atoms with E-state index in [1.165, 1.54) is 11.3 Å². The Bertz CT molecular complexity index is 920. The van der Waals surface area contributed by atoms with Gasteiger partial charge in [0.05, 0.1) is 24.3 Å². The zero-order chi connectivity index (χ0) is 17.9. The molecule has 3 N–H and O–H groups in total. The summed E-state index contributed by atoms with van der Waals surface area (Å²) in [6.07, 6.45) is 0. The van der Waals surface area contributed by atoms with Gasteiger partial charge < -0.3 is 15.5 Å². The van der Waals surface area contributed by atoms with Crippen molar-refractivity contribution in [2.45, 2.75) is 19.6 Å². The standard InChI is InChI=1S/C18H17N5O2S/c24-17(13-6-7-26-11-13)20-16-14-9-23(10-15(14)21-22-16)18(25)19-8-12-4-2-1-3-5-12/h1-7,11H,8-10H2,(H,19,25)(H2,20,21,22,24). The molecule has 3 heterocycles. The second-order valence-electron chi connectivity index (χ2n) is 5.99. The fourth-order valence-corrected chi connectivity index (χ4v) is 3.48. The number of anilines is 1. The Labute approximate surface area is 154 Å². The molecule has 0 atom stereocenters. The second-order valence-corrected chi connectivity index (χ2v) is 6.77. The first-order valence-corrected chi connectivity index (χ1v) is 9.11. The molecule has 7 nitrogen and oxygen atoms in total. The number of nitrogens with zero attached hydrogens (tertiary/aromatic N) is 2. The number of thiophene rings is 1. The Kier molecular flexibility index (Phi) is 4.40. The zero-order valence-electron chi connectivity index (χ0n) is 13.9. The van der Waals surface area contributed by atoms with E-state index < -0.39 is 0 Å². The molecule has 3 amide bonds. The van der Waals surface area contributed by atoms with Crippen LogP contribution in [0.5, 0.6) is 0 Å². The summed E-state index contributed by atoms with van der Waals surface area (Å²) >= 11 is 1.47. The van der Waals surface area contributed by atoms with Crippen molar-refractivity contribution in [3.05, 3.63) is 69.5 Å². The highest BCUT2D eigenvalue weighted by molar-refractivity contribution is 7.08. The van der Waals surface area contributed by atoms with Crippen molar-refractivity contribution in [2.24, 2.45) is 0 Å². The van der Waals surface area contributed by atoms with E-state index in [2.05, 4.69) is 20.8 Å². The monoisotopic (exact) mass is 367 g/mol. The van der Waals surface area contributed by atoms with Crippen LogP contribution >= 0.6 is 11.3 Å². The third kappa shape index (κ3) is 3.31. The first kappa shape index (κ1) is 16.3. The molecule has 0 saturated carbocycles. The molecular formula is C18H17N5O2S.